The molecule has 72 valence electrons. The maximum atomic E-state index is 8.75. The first-order chi connectivity index (χ1) is 6.15. The molecular weight excluding hydrogens is 211 g/mol. The summed E-state index contributed by atoms with van der Waals surface area (Å²) in [5.74, 6) is 0. The molecule has 1 rings (SSSR count). The average Bonchev–Trinajstić information content (AvgIpc) is 2.11. The van der Waals surface area contributed by atoms with Crippen LogP contribution >= 0.6 is 23.2 Å². The average molecular weight is 221 g/mol. The fourth-order valence-corrected chi connectivity index (χ4v) is 1.48. The first kappa shape index (κ1) is 10.7. The second kappa shape index (κ2) is 4.77. The van der Waals surface area contributed by atoms with Crippen molar-refractivity contribution in [3.8, 4) is 0 Å². The number of hydrogen-bond acceptors (Lipinski definition) is 3. The number of pyridine rings is 1. The predicted octanol–water partition coefficient (Wildman–Crippen LogP) is 1.25. The number of aromatic nitrogens is 1. The van der Waals surface area contributed by atoms with E-state index >= 15 is 0 Å². The van der Waals surface area contributed by atoms with Gasteiger partial charge in [-0.3, -0.25) is 4.98 Å². The van der Waals surface area contributed by atoms with Gasteiger partial charge in [0.2, 0.25) is 0 Å². The first-order valence-electron chi connectivity index (χ1n) is 3.79. The van der Waals surface area contributed by atoms with Crippen LogP contribution in [0.3, 0.4) is 0 Å². The van der Waals surface area contributed by atoms with Crippen molar-refractivity contribution in [2.45, 2.75) is 12.5 Å². The normalized spacial score (nSPS) is 12.9. The minimum atomic E-state index is -0.336. The largest absolute Gasteiger partial charge is 0.395 e. The third kappa shape index (κ3) is 2.81. The summed E-state index contributed by atoms with van der Waals surface area (Å²) in [6.07, 6.45) is 3.47. The molecule has 0 fully saturated rings. The first-order valence-corrected chi connectivity index (χ1v) is 4.55. The molecule has 0 aliphatic rings. The van der Waals surface area contributed by atoms with Gasteiger partial charge in [-0.2, -0.15) is 0 Å². The van der Waals surface area contributed by atoms with Gasteiger partial charge in [0, 0.05) is 18.4 Å². The Morgan fingerprint density at radius 1 is 1.38 bits per heavy atom. The van der Waals surface area contributed by atoms with Crippen molar-refractivity contribution < 1.29 is 5.11 Å². The van der Waals surface area contributed by atoms with Gasteiger partial charge in [0.05, 0.1) is 16.7 Å². The Labute approximate surface area is 86.5 Å². The van der Waals surface area contributed by atoms with Gasteiger partial charge in [-0.15, -0.1) is 0 Å². The molecule has 3 nitrogen and oxygen atoms in total. The molecule has 0 bridgehead atoms. The number of hydrogen-bond donors (Lipinski definition) is 2. The maximum Gasteiger partial charge on any atom is 0.0636 e. The van der Waals surface area contributed by atoms with Gasteiger partial charge >= 0.3 is 0 Å². The lowest BCUT2D eigenvalue weighted by atomic mass is 10.1. The second-order valence-electron chi connectivity index (χ2n) is 2.73. The Bertz CT molecular complexity index is 273. The quantitative estimate of drug-likeness (QED) is 0.807. The number of aliphatic hydroxyl groups is 1. The molecule has 1 aromatic heterocycles. The van der Waals surface area contributed by atoms with E-state index in [9.17, 15) is 0 Å². The van der Waals surface area contributed by atoms with Crippen molar-refractivity contribution in [2.75, 3.05) is 6.61 Å². The van der Waals surface area contributed by atoms with Gasteiger partial charge < -0.3 is 10.8 Å². The minimum Gasteiger partial charge on any atom is -0.395 e. The lowest BCUT2D eigenvalue weighted by Gasteiger charge is -2.10. The van der Waals surface area contributed by atoms with E-state index in [1.807, 2.05) is 0 Å². The highest BCUT2D eigenvalue weighted by Crippen LogP contribution is 2.23. The molecule has 0 aliphatic carbocycles. The number of nitrogens with zero attached hydrogens (tertiary/aromatic N) is 1. The zero-order chi connectivity index (χ0) is 9.84. The van der Waals surface area contributed by atoms with Crippen LogP contribution in [-0.4, -0.2) is 22.7 Å². The molecule has 1 unspecified atom stereocenters. The molecule has 1 atom stereocenters. The summed E-state index contributed by atoms with van der Waals surface area (Å²) < 4.78 is 0. The standard InChI is InChI=1S/C8H10Cl2N2O/c9-7-2-12-3-8(10)6(7)1-5(11)4-13/h2-3,5,13H,1,4,11H2. The molecule has 1 heterocycles. The molecular formula is C8H10Cl2N2O. The second-order valence-corrected chi connectivity index (χ2v) is 3.54. The van der Waals surface area contributed by atoms with Gasteiger partial charge in [0.25, 0.3) is 0 Å². The monoisotopic (exact) mass is 220 g/mol. The van der Waals surface area contributed by atoms with E-state index in [0.717, 1.165) is 5.56 Å². The summed E-state index contributed by atoms with van der Waals surface area (Å²) in [7, 11) is 0. The van der Waals surface area contributed by atoms with Crippen LogP contribution in [-0.2, 0) is 6.42 Å². The van der Waals surface area contributed by atoms with Crippen LogP contribution in [0.2, 0.25) is 10.0 Å². The Hall–Kier alpha value is -0.350. The lowest BCUT2D eigenvalue weighted by molar-refractivity contribution is 0.265. The maximum absolute atomic E-state index is 8.75. The molecule has 0 radical (unpaired) electrons. The van der Waals surface area contributed by atoms with Crippen molar-refractivity contribution in [3.63, 3.8) is 0 Å². The zero-order valence-electron chi connectivity index (χ0n) is 6.87. The van der Waals surface area contributed by atoms with Crippen LogP contribution in [0.5, 0.6) is 0 Å². The van der Waals surface area contributed by atoms with E-state index in [2.05, 4.69) is 4.98 Å². The van der Waals surface area contributed by atoms with Gasteiger partial charge in [0.1, 0.15) is 0 Å². The summed E-state index contributed by atoms with van der Waals surface area (Å²) in [6.45, 7) is -0.0883. The summed E-state index contributed by atoms with van der Waals surface area (Å²) in [4.78, 5) is 3.81. The van der Waals surface area contributed by atoms with Crippen LogP contribution in [0.4, 0.5) is 0 Å². The minimum absolute atomic E-state index is 0.0883. The SMILES string of the molecule is NC(CO)Cc1c(Cl)cncc1Cl. The van der Waals surface area contributed by atoms with Crippen molar-refractivity contribution in [3.05, 3.63) is 28.0 Å². The Kier molecular flexibility index (Phi) is 3.93. The van der Waals surface area contributed by atoms with Crippen molar-refractivity contribution in [1.82, 2.24) is 4.98 Å². The molecule has 0 amide bonds. The van der Waals surface area contributed by atoms with Crippen molar-refractivity contribution in [1.29, 1.82) is 0 Å². The molecule has 5 heteroatoms. The van der Waals surface area contributed by atoms with E-state index in [0.29, 0.717) is 16.5 Å². The van der Waals surface area contributed by atoms with E-state index in [-0.39, 0.29) is 12.6 Å². The summed E-state index contributed by atoms with van der Waals surface area (Å²) in [5.41, 5.74) is 6.29. The number of nitrogens with two attached hydrogens (primary N) is 1. The lowest BCUT2D eigenvalue weighted by Crippen LogP contribution is -2.27. The molecule has 3 N–H and O–H groups in total. The van der Waals surface area contributed by atoms with E-state index in [1.54, 1.807) is 0 Å². The van der Waals surface area contributed by atoms with Gasteiger partial charge in [0.15, 0.2) is 0 Å². The highest BCUT2D eigenvalue weighted by Gasteiger charge is 2.09. The molecule has 0 saturated heterocycles. The molecule has 0 aliphatic heterocycles. The van der Waals surface area contributed by atoms with Gasteiger partial charge in [-0.05, 0) is 12.0 Å². The summed E-state index contributed by atoms with van der Waals surface area (Å²) in [6, 6.07) is -0.336. The number of halogens is 2. The van der Waals surface area contributed by atoms with Crippen LogP contribution in [0.15, 0.2) is 12.4 Å². The third-order valence-electron chi connectivity index (χ3n) is 1.65. The molecule has 0 aromatic carbocycles. The van der Waals surface area contributed by atoms with Crippen LogP contribution in [0, 0.1) is 0 Å². The zero-order valence-corrected chi connectivity index (χ0v) is 8.39. The van der Waals surface area contributed by atoms with E-state index in [4.69, 9.17) is 34.0 Å². The molecule has 0 saturated carbocycles. The van der Waals surface area contributed by atoms with E-state index < -0.39 is 0 Å². The number of aliphatic hydroxyl groups excluding tert-OH is 1. The Morgan fingerprint density at radius 2 is 1.92 bits per heavy atom. The molecule has 1 aromatic rings. The van der Waals surface area contributed by atoms with Crippen LogP contribution in [0.25, 0.3) is 0 Å². The highest BCUT2D eigenvalue weighted by atomic mass is 35.5. The van der Waals surface area contributed by atoms with Crippen molar-refractivity contribution >= 4 is 23.2 Å². The third-order valence-corrected chi connectivity index (χ3v) is 2.30. The Balaban J connectivity index is 2.87. The van der Waals surface area contributed by atoms with Gasteiger partial charge in [-0.1, -0.05) is 23.2 Å². The van der Waals surface area contributed by atoms with Crippen LogP contribution in [0.1, 0.15) is 5.56 Å². The number of rotatable bonds is 3. The summed E-state index contributed by atoms with van der Waals surface area (Å²) >= 11 is 11.7. The van der Waals surface area contributed by atoms with E-state index in [1.165, 1.54) is 12.4 Å². The predicted molar refractivity (Wildman–Crippen MR) is 53.0 cm³/mol. The topological polar surface area (TPSA) is 59.1 Å². The fraction of sp³-hybridized carbons (Fsp3) is 0.375. The molecule has 13 heavy (non-hydrogen) atoms. The summed E-state index contributed by atoms with van der Waals surface area (Å²) in [5, 5.41) is 9.72. The van der Waals surface area contributed by atoms with Crippen LogP contribution < -0.4 is 5.73 Å². The fourth-order valence-electron chi connectivity index (χ4n) is 0.960. The smallest absolute Gasteiger partial charge is 0.0636 e. The Morgan fingerprint density at radius 3 is 2.38 bits per heavy atom. The van der Waals surface area contributed by atoms with Crippen molar-refractivity contribution in [2.24, 2.45) is 5.73 Å². The van der Waals surface area contributed by atoms with Gasteiger partial charge in [-0.25, -0.2) is 0 Å². The molecule has 0 spiro atoms. The highest BCUT2D eigenvalue weighted by molar-refractivity contribution is 6.35.